The number of amides is 1. The lowest BCUT2D eigenvalue weighted by molar-refractivity contribution is -0.385. The summed E-state index contributed by atoms with van der Waals surface area (Å²) < 4.78 is 2.11. The lowest BCUT2D eigenvalue weighted by atomic mass is 10.1. The Morgan fingerprint density at radius 2 is 1.97 bits per heavy atom. The van der Waals surface area contributed by atoms with Gasteiger partial charge in [-0.3, -0.25) is 38.6 Å². The predicted octanol–water partition coefficient (Wildman–Crippen LogP) is 1.07. The smallest absolute Gasteiger partial charge is 0.330 e. The molecule has 0 atom stereocenters. The molecule has 0 aromatic carbocycles. The maximum absolute atomic E-state index is 13.2. The average Bonchev–Trinajstić information content (AvgIpc) is 2.71. The van der Waals surface area contributed by atoms with Crippen molar-refractivity contribution in [2.24, 2.45) is 5.92 Å². The van der Waals surface area contributed by atoms with E-state index in [1.807, 2.05) is 20.8 Å². The number of nitrogens with zero attached hydrogens (tertiary/aromatic N) is 4. The van der Waals surface area contributed by atoms with E-state index in [2.05, 4.69) is 4.98 Å². The molecule has 0 fully saturated rings. The summed E-state index contributed by atoms with van der Waals surface area (Å²) >= 11 is 0. The number of unbranched alkanes of at least 4 members (excludes halogenated alkanes) is 1. The van der Waals surface area contributed by atoms with Crippen molar-refractivity contribution in [1.29, 1.82) is 0 Å². The molecule has 2 aromatic heterocycles. The summed E-state index contributed by atoms with van der Waals surface area (Å²) in [5.41, 5.74) is 3.53. The Kier molecular flexibility index (Phi) is 8.10. The third-order valence-electron chi connectivity index (χ3n) is 4.93. The molecule has 0 radical (unpaired) electrons. The number of nitro groups is 1. The molecule has 0 saturated carbocycles. The molecule has 0 aliphatic heterocycles. The van der Waals surface area contributed by atoms with Gasteiger partial charge in [0.15, 0.2) is 5.69 Å². The van der Waals surface area contributed by atoms with Gasteiger partial charge in [0.2, 0.25) is 5.91 Å². The highest BCUT2D eigenvalue weighted by molar-refractivity contribution is 5.95. The zero-order chi connectivity index (χ0) is 24.0. The van der Waals surface area contributed by atoms with E-state index in [4.69, 9.17) is 5.73 Å². The Balaban J connectivity index is 2.54. The Labute approximate surface area is 183 Å². The molecule has 2 aromatic rings. The summed E-state index contributed by atoms with van der Waals surface area (Å²) in [7, 11) is 0. The average molecular weight is 448 g/mol. The Bertz CT molecular complexity index is 1160. The van der Waals surface area contributed by atoms with Gasteiger partial charge in [-0.25, -0.2) is 4.79 Å². The molecule has 0 spiro atoms. The van der Waals surface area contributed by atoms with Crippen molar-refractivity contribution in [2.45, 2.75) is 53.1 Å². The molecule has 174 valence electrons. The van der Waals surface area contributed by atoms with E-state index in [0.29, 0.717) is 12.8 Å². The van der Waals surface area contributed by atoms with E-state index < -0.39 is 34.2 Å². The molecule has 0 aliphatic carbocycles. The third kappa shape index (κ3) is 5.71. The van der Waals surface area contributed by atoms with E-state index in [0.717, 1.165) is 34.2 Å². The van der Waals surface area contributed by atoms with Gasteiger partial charge in [0, 0.05) is 25.2 Å². The van der Waals surface area contributed by atoms with Gasteiger partial charge in [0.1, 0.15) is 12.4 Å². The zero-order valence-corrected chi connectivity index (χ0v) is 18.4. The van der Waals surface area contributed by atoms with Crippen LogP contribution in [0.15, 0.2) is 32.7 Å². The predicted molar refractivity (Wildman–Crippen MR) is 120 cm³/mol. The van der Waals surface area contributed by atoms with E-state index in [1.165, 1.54) is 4.57 Å². The molecule has 2 rings (SSSR count). The van der Waals surface area contributed by atoms with E-state index in [-0.39, 0.29) is 36.2 Å². The van der Waals surface area contributed by atoms with Crippen LogP contribution in [-0.2, 0) is 17.9 Å². The molecule has 0 unspecified atom stereocenters. The van der Waals surface area contributed by atoms with E-state index in [1.54, 1.807) is 0 Å². The highest BCUT2D eigenvalue weighted by atomic mass is 16.6. The zero-order valence-electron chi connectivity index (χ0n) is 18.4. The number of pyridine rings is 1. The topological polar surface area (TPSA) is 166 Å². The number of carbonyl (C=O) groups is 1. The van der Waals surface area contributed by atoms with Crippen LogP contribution in [0.25, 0.3) is 0 Å². The van der Waals surface area contributed by atoms with Crippen LogP contribution in [0.3, 0.4) is 0 Å². The number of hydrogen-bond donors (Lipinski definition) is 2. The Hall–Kier alpha value is -3.70. The maximum atomic E-state index is 13.2. The quantitative estimate of drug-likeness (QED) is 0.405. The molecule has 12 heteroatoms. The fraction of sp³-hybridized carbons (Fsp3) is 0.500. The summed E-state index contributed by atoms with van der Waals surface area (Å²) in [4.78, 5) is 63.9. The summed E-state index contributed by atoms with van der Waals surface area (Å²) in [6.45, 7) is 5.64. The monoisotopic (exact) mass is 448 g/mol. The van der Waals surface area contributed by atoms with Gasteiger partial charge in [-0.2, -0.15) is 0 Å². The lowest BCUT2D eigenvalue weighted by Crippen LogP contribution is -2.43. The molecule has 0 saturated heterocycles. The van der Waals surface area contributed by atoms with Crippen molar-refractivity contribution in [3.05, 3.63) is 59.6 Å². The van der Waals surface area contributed by atoms with Crippen molar-refractivity contribution >= 4 is 23.1 Å². The second kappa shape index (κ2) is 10.6. The third-order valence-corrected chi connectivity index (χ3v) is 4.93. The summed E-state index contributed by atoms with van der Waals surface area (Å²) in [6, 6.07) is 2.04. The number of aromatic nitrogens is 3. The van der Waals surface area contributed by atoms with Crippen LogP contribution in [0.4, 0.5) is 17.2 Å². The SMILES string of the molecule is CCCCn1c(N)c(N(CCC(C)C)C(=O)Cn2cc([N+](=O)[O-])ccc2=O)c(=O)[nH]c1=O. The molecule has 32 heavy (non-hydrogen) atoms. The van der Waals surface area contributed by atoms with Gasteiger partial charge >= 0.3 is 5.69 Å². The van der Waals surface area contributed by atoms with Crippen LogP contribution in [0, 0.1) is 16.0 Å². The first-order chi connectivity index (χ1) is 15.1. The van der Waals surface area contributed by atoms with Crippen LogP contribution in [-0.4, -0.2) is 31.5 Å². The highest BCUT2D eigenvalue weighted by Crippen LogP contribution is 2.19. The standard InChI is InChI=1S/C20H28N6O6/c1-4-5-9-25-18(21)17(19(29)22-20(25)30)24(10-8-13(2)3)16(28)12-23-11-14(26(31)32)6-7-15(23)27/h6-7,11,13H,4-5,8-10,12,21H2,1-3H3,(H,22,29,30). The molecule has 1 amide bonds. The second-order valence-corrected chi connectivity index (χ2v) is 7.84. The van der Waals surface area contributed by atoms with Crippen molar-refractivity contribution in [3.8, 4) is 0 Å². The number of nitrogens with two attached hydrogens (primary N) is 1. The van der Waals surface area contributed by atoms with Crippen LogP contribution < -0.4 is 27.4 Å². The highest BCUT2D eigenvalue weighted by Gasteiger charge is 2.25. The number of hydrogen-bond acceptors (Lipinski definition) is 7. The molecule has 12 nitrogen and oxygen atoms in total. The lowest BCUT2D eigenvalue weighted by Gasteiger charge is -2.25. The number of anilines is 2. The fourth-order valence-electron chi connectivity index (χ4n) is 3.11. The van der Waals surface area contributed by atoms with Crippen LogP contribution >= 0.6 is 0 Å². The Morgan fingerprint density at radius 1 is 1.28 bits per heavy atom. The minimum absolute atomic E-state index is 0.111. The maximum Gasteiger partial charge on any atom is 0.330 e. The number of H-pyrrole nitrogens is 1. The van der Waals surface area contributed by atoms with E-state index in [9.17, 15) is 29.3 Å². The van der Waals surface area contributed by atoms with Crippen LogP contribution in [0.5, 0.6) is 0 Å². The van der Waals surface area contributed by atoms with Crippen molar-refractivity contribution in [1.82, 2.24) is 14.1 Å². The number of carbonyl (C=O) groups excluding carboxylic acids is 1. The molecular weight excluding hydrogens is 420 g/mol. The molecule has 2 heterocycles. The number of nitrogens with one attached hydrogen (secondary N) is 1. The summed E-state index contributed by atoms with van der Waals surface area (Å²) in [6.07, 6.45) is 2.91. The first-order valence-corrected chi connectivity index (χ1v) is 10.3. The van der Waals surface area contributed by atoms with Crippen molar-refractivity contribution in [2.75, 3.05) is 17.2 Å². The van der Waals surface area contributed by atoms with Gasteiger partial charge < -0.3 is 10.6 Å². The van der Waals surface area contributed by atoms with Crippen molar-refractivity contribution in [3.63, 3.8) is 0 Å². The Morgan fingerprint density at radius 3 is 2.56 bits per heavy atom. The molecular formula is C20H28N6O6. The van der Waals surface area contributed by atoms with Gasteiger partial charge in [0.05, 0.1) is 11.1 Å². The second-order valence-electron chi connectivity index (χ2n) is 7.84. The van der Waals surface area contributed by atoms with Crippen LogP contribution in [0.2, 0.25) is 0 Å². The van der Waals surface area contributed by atoms with Gasteiger partial charge in [-0.15, -0.1) is 0 Å². The van der Waals surface area contributed by atoms with E-state index >= 15 is 0 Å². The van der Waals surface area contributed by atoms with Crippen molar-refractivity contribution < 1.29 is 9.72 Å². The number of nitrogen functional groups attached to an aromatic ring is 1. The number of aromatic amines is 1. The molecule has 0 bridgehead atoms. The minimum Gasteiger partial charge on any atom is -0.383 e. The number of rotatable bonds is 10. The van der Waals surface area contributed by atoms with Crippen LogP contribution in [0.1, 0.15) is 40.0 Å². The fourth-order valence-corrected chi connectivity index (χ4v) is 3.11. The largest absolute Gasteiger partial charge is 0.383 e. The van der Waals surface area contributed by atoms with Gasteiger partial charge in [0.25, 0.3) is 16.8 Å². The minimum atomic E-state index is -0.816. The van der Waals surface area contributed by atoms with Gasteiger partial charge in [-0.05, 0) is 18.8 Å². The van der Waals surface area contributed by atoms with Gasteiger partial charge in [-0.1, -0.05) is 27.2 Å². The summed E-state index contributed by atoms with van der Waals surface area (Å²) in [5.74, 6) is -0.626. The molecule has 0 aliphatic rings. The first-order valence-electron chi connectivity index (χ1n) is 10.3. The molecule has 3 N–H and O–H groups in total. The summed E-state index contributed by atoms with van der Waals surface area (Å²) in [5, 5.41) is 11.0. The normalized spacial score (nSPS) is 11.0. The first kappa shape index (κ1) is 24.6.